The van der Waals surface area contributed by atoms with Crippen LogP contribution >= 0.6 is 0 Å². The van der Waals surface area contributed by atoms with Gasteiger partial charge in [0.05, 0.1) is 12.7 Å². The van der Waals surface area contributed by atoms with Crippen molar-refractivity contribution in [2.75, 3.05) is 13.7 Å². The molecule has 0 spiro atoms. The highest BCUT2D eigenvalue weighted by atomic mass is 16.7. The van der Waals surface area contributed by atoms with Crippen molar-refractivity contribution in [3.63, 3.8) is 0 Å². The highest BCUT2D eigenvalue weighted by Gasteiger charge is 2.28. The largest absolute Gasteiger partial charge is 0.466 e. The third kappa shape index (κ3) is 3.15. The number of benzene rings is 1. The monoisotopic (exact) mass is 262 g/mol. The molecule has 1 aromatic carbocycles. The molecule has 0 saturated heterocycles. The van der Waals surface area contributed by atoms with E-state index in [1.54, 1.807) is 0 Å². The van der Waals surface area contributed by atoms with E-state index in [9.17, 15) is 4.79 Å². The highest BCUT2D eigenvalue weighted by molar-refractivity contribution is 5.96. The lowest BCUT2D eigenvalue weighted by Crippen LogP contribution is -2.24. The Bertz CT molecular complexity index is 464. The van der Waals surface area contributed by atoms with Gasteiger partial charge in [0.2, 0.25) is 0 Å². The molecule has 0 N–H and O–H groups in total. The van der Waals surface area contributed by atoms with E-state index >= 15 is 0 Å². The quantitative estimate of drug-likeness (QED) is 0.783. The highest BCUT2D eigenvalue weighted by Crippen LogP contribution is 2.31. The van der Waals surface area contributed by atoms with Crippen LogP contribution in [0.15, 0.2) is 35.9 Å². The summed E-state index contributed by atoms with van der Waals surface area (Å²) in [5.74, 6) is 0.228. The van der Waals surface area contributed by atoms with Crippen molar-refractivity contribution in [3.8, 4) is 0 Å². The maximum absolute atomic E-state index is 11.8. The lowest BCUT2D eigenvalue weighted by molar-refractivity contribution is -0.138. The topological polar surface area (TPSA) is 44.8 Å². The second-order valence-corrected chi connectivity index (χ2v) is 4.21. The van der Waals surface area contributed by atoms with E-state index in [0.29, 0.717) is 30.8 Å². The first-order valence-corrected chi connectivity index (χ1v) is 6.41. The summed E-state index contributed by atoms with van der Waals surface area (Å²) in [5.41, 5.74) is 1.44. The summed E-state index contributed by atoms with van der Waals surface area (Å²) < 4.78 is 16.1. The van der Waals surface area contributed by atoms with Gasteiger partial charge in [0.15, 0.2) is 6.29 Å². The molecule has 2 rings (SSSR count). The van der Waals surface area contributed by atoms with E-state index in [1.807, 2.05) is 37.3 Å². The van der Waals surface area contributed by atoms with Gasteiger partial charge in [-0.3, -0.25) is 0 Å². The lowest BCUT2D eigenvalue weighted by atomic mass is 10.0. The molecule has 0 aromatic heterocycles. The molecule has 102 valence electrons. The number of carbonyl (C=O) groups is 1. The third-order valence-corrected chi connectivity index (χ3v) is 2.97. The molecule has 1 unspecified atom stereocenters. The number of esters is 1. The average Bonchev–Trinajstić information content (AvgIpc) is 2.47. The smallest absolute Gasteiger partial charge is 0.337 e. The molecule has 1 aliphatic heterocycles. The van der Waals surface area contributed by atoms with Gasteiger partial charge >= 0.3 is 5.97 Å². The Balaban J connectivity index is 2.34. The van der Waals surface area contributed by atoms with Crippen LogP contribution in [0.3, 0.4) is 0 Å². The van der Waals surface area contributed by atoms with Crippen molar-refractivity contribution in [3.05, 3.63) is 41.5 Å². The normalized spacial score (nSPS) is 18.9. The van der Waals surface area contributed by atoms with Crippen LogP contribution in [0.5, 0.6) is 0 Å². The van der Waals surface area contributed by atoms with Gasteiger partial charge in [0, 0.05) is 18.6 Å². The first-order valence-electron chi connectivity index (χ1n) is 6.41. The number of carbonyl (C=O) groups excluding carboxylic acids is 1. The Morgan fingerprint density at radius 1 is 1.37 bits per heavy atom. The Hall–Kier alpha value is -1.81. The number of methoxy groups -OCH3 is 1. The van der Waals surface area contributed by atoms with Gasteiger partial charge in [-0.05, 0) is 13.3 Å². The summed E-state index contributed by atoms with van der Waals surface area (Å²) >= 11 is 0. The Morgan fingerprint density at radius 3 is 2.74 bits per heavy atom. The minimum Gasteiger partial charge on any atom is -0.466 e. The third-order valence-electron chi connectivity index (χ3n) is 2.97. The van der Waals surface area contributed by atoms with Crippen LogP contribution in [0.1, 0.15) is 25.3 Å². The molecule has 1 aromatic rings. The second-order valence-electron chi connectivity index (χ2n) is 4.21. The van der Waals surface area contributed by atoms with Crippen LogP contribution in [-0.2, 0) is 19.0 Å². The minimum absolute atomic E-state index is 0.298. The fourth-order valence-corrected chi connectivity index (χ4v) is 2.09. The fourth-order valence-electron chi connectivity index (χ4n) is 2.09. The maximum atomic E-state index is 11.8. The zero-order chi connectivity index (χ0) is 13.7. The number of ether oxygens (including phenoxy) is 3. The van der Waals surface area contributed by atoms with Crippen LogP contribution in [0.2, 0.25) is 0 Å². The molecular weight excluding hydrogens is 244 g/mol. The molecule has 0 saturated carbocycles. The van der Waals surface area contributed by atoms with Crippen molar-refractivity contribution < 1.29 is 19.0 Å². The molecule has 1 heterocycles. The van der Waals surface area contributed by atoms with E-state index in [4.69, 9.17) is 14.2 Å². The van der Waals surface area contributed by atoms with Gasteiger partial charge in [0.1, 0.15) is 5.76 Å². The van der Waals surface area contributed by atoms with Crippen molar-refractivity contribution in [1.29, 1.82) is 0 Å². The molecule has 1 aliphatic rings. The zero-order valence-electron chi connectivity index (χ0n) is 11.2. The van der Waals surface area contributed by atoms with Gasteiger partial charge in [-0.15, -0.1) is 0 Å². The molecule has 0 aliphatic carbocycles. The van der Waals surface area contributed by atoms with E-state index in [0.717, 1.165) is 5.56 Å². The van der Waals surface area contributed by atoms with E-state index in [2.05, 4.69) is 0 Å². The van der Waals surface area contributed by atoms with Gasteiger partial charge in [-0.1, -0.05) is 30.3 Å². The Morgan fingerprint density at radius 2 is 2.11 bits per heavy atom. The lowest BCUT2D eigenvalue weighted by Gasteiger charge is -2.27. The second kappa shape index (κ2) is 6.38. The summed E-state index contributed by atoms with van der Waals surface area (Å²) in [6.07, 6.45) is 0.963. The van der Waals surface area contributed by atoms with Crippen LogP contribution in [0.4, 0.5) is 0 Å². The predicted molar refractivity (Wildman–Crippen MR) is 71.1 cm³/mol. The Labute approximate surface area is 113 Å². The molecule has 0 amide bonds. The van der Waals surface area contributed by atoms with Gasteiger partial charge in [-0.25, -0.2) is 4.79 Å². The molecule has 0 fully saturated rings. The first kappa shape index (κ1) is 13.6. The van der Waals surface area contributed by atoms with Gasteiger partial charge in [0.25, 0.3) is 0 Å². The summed E-state index contributed by atoms with van der Waals surface area (Å²) in [4.78, 5) is 11.8. The van der Waals surface area contributed by atoms with Crippen LogP contribution in [-0.4, -0.2) is 26.0 Å². The van der Waals surface area contributed by atoms with Crippen molar-refractivity contribution >= 4 is 11.7 Å². The van der Waals surface area contributed by atoms with E-state index in [1.165, 1.54) is 7.11 Å². The van der Waals surface area contributed by atoms with E-state index in [-0.39, 0.29) is 12.3 Å². The average molecular weight is 262 g/mol. The minimum atomic E-state index is -0.339. The number of rotatable bonds is 4. The van der Waals surface area contributed by atoms with Gasteiger partial charge in [-0.2, -0.15) is 0 Å². The standard InChI is InChI=1S/C15H18O4/c1-3-18-13-10-9-12(15(16)17-2)14(19-13)11-7-5-4-6-8-11/h4-8,13H,3,9-10H2,1-2H3. The van der Waals surface area contributed by atoms with Crippen molar-refractivity contribution in [1.82, 2.24) is 0 Å². The SMILES string of the molecule is CCOC1CCC(C(=O)OC)=C(c2ccccc2)O1. The van der Waals surface area contributed by atoms with Crippen LogP contribution in [0, 0.1) is 0 Å². The zero-order valence-corrected chi connectivity index (χ0v) is 11.2. The van der Waals surface area contributed by atoms with E-state index < -0.39 is 0 Å². The first-order chi connectivity index (χ1) is 9.26. The van der Waals surface area contributed by atoms with Crippen molar-refractivity contribution in [2.24, 2.45) is 0 Å². The molecule has 19 heavy (non-hydrogen) atoms. The summed E-state index contributed by atoms with van der Waals surface area (Å²) in [5, 5.41) is 0. The molecule has 0 bridgehead atoms. The summed E-state index contributed by atoms with van der Waals surface area (Å²) in [7, 11) is 1.38. The molecule has 4 heteroatoms. The predicted octanol–water partition coefficient (Wildman–Crippen LogP) is 2.74. The Kier molecular flexibility index (Phi) is 4.58. The molecule has 1 atom stereocenters. The van der Waals surface area contributed by atoms with Crippen LogP contribution < -0.4 is 0 Å². The maximum Gasteiger partial charge on any atom is 0.337 e. The van der Waals surface area contributed by atoms with Crippen LogP contribution in [0.25, 0.3) is 5.76 Å². The fraction of sp³-hybridized carbons (Fsp3) is 0.400. The van der Waals surface area contributed by atoms with Gasteiger partial charge < -0.3 is 14.2 Å². The van der Waals surface area contributed by atoms with Crippen molar-refractivity contribution in [2.45, 2.75) is 26.1 Å². The summed E-state index contributed by atoms with van der Waals surface area (Å²) in [6.45, 7) is 2.51. The summed E-state index contributed by atoms with van der Waals surface area (Å²) in [6, 6.07) is 9.56. The number of hydrogen-bond acceptors (Lipinski definition) is 4. The molecule has 4 nitrogen and oxygen atoms in total. The molecular formula is C15H18O4. The number of hydrogen-bond donors (Lipinski definition) is 0. The molecule has 0 radical (unpaired) electrons.